The van der Waals surface area contributed by atoms with Crippen LogP contribution in [-0.2, 0) is 4.79 Å². The summed E-state index contributed by atoms with van der Waals surface area (Å²) in [5.41, 5.74) is 9.45. The van der Waals surface area contributed by atoms with Crippen molar-refractivity contribution in [2.24, 2.45) is 5.92 Å². The molecule has 1 aromatic heterocycles. The van der Waals surface area contributed by atoms with Gasteiger partial charge in [-0.1, -0.05) is 24.3 Å². The van der Waals surface area contributed by atoms with Gasteiger partial charge in [-0.3, -0.25) is 4.79 Å². The number of nitrogens with zero attached hydrogens (tertiary/aromatic N) is 3. The van der Waals surface area contributed by atoms with Crippen molar-refractivity contribution < 1.29 is 9.90 Å². The smallest absolute Gasteiger partial charge is 0.308 e. The molecule has 0 aliphatic carbocycles. The zero-order valence-corrected chi connectivity index (χ0v) is 15.2. The number of aromatic nitrogens is 2. The summed E-state index contributed by atoms with van der Waals surface area (Å²) in [4.78, 5) is 22.8. The Hall–Kier alpha value is -3.15. The molecule has 1 aliphatic rings. The predicted octanol–water partition coefficient (Wildman–Crippen LogP) is 3.57. The molecule has 1 saturated heterocycles. The van der Waals surface area contributed by atoms with Crippen molar-refractivity contribution in [2.45, 2.75) is 25.8 Å². The molecule has 0 bridgehead atoms. The van der Waals surface area contributed by atoms with Crippen molar-refractivity contribution in [2.75, 3.05) is 17.2 Å². The number of hydrogen-bond donors (Lipinski definition) is 2. The lowest BCUT2D eigenvalue weighted by Crippen LogP contribution is -2.46. The molecule has 0 radical (unpaired) electrons. The number of hydrogen-bond acceptors (Lipinski definition) is 5. The Kier molecular flexibility index (Phi) is 4.39. The maximum atomic E-state index is 11.7. The molecule has 27 heavy (non-hydrogen) atoms. The molecular weight excluding hydrogens is 340 g/mol. The summed E-state index contributed by atoms with van der Waals surface area (Å²) >= 11 is 0. The number of carbonyl (C=O) groups is 1. The van der Waals surface area contributed by atoms with Gasteiger partial charge in [0, 0.05) is 18.3 Å². The number of carboxylic acid groups (broad SMARTS) is 1. The molecule has 1 fully saturated rings. The molecule has 3 N–H and O–H groups in total. The highest BCUT2D eigenvalue weighted by molar-refractivity contribution is 6.02. The van der Waals surface area contributed by atoms with Crippen LogP contribution < -0.4 is 10.6 Å². The Balaban J connectivity index is 1.89. The minimum absolute atomic E-state index is 0.131. The lowest BCUT2D eigenvalue weighted by Gasteiger charge is -2.38. The molecule has 2 unspecified atom stereocenters. The van der Waals surface area contributed by atoms with Crippen LogP contribution in [0.5, 0.6) is 0 Å². The number of fused-ring (bicyclic) bond motifs is 1. The van der Waals surface area contributed by atoms with Crippen molar-refractivity contribution >= 4 is 28.4 Å². The van der Waals surface area contributed by atoms with Gasteiger partial charge in [0.1, 0.15) is 12.1 Å². The van der Waals surface area contributed by atoms with Gasteiger partial charge in [-0.05, 0) is 49.1 Å². The van der Waals surface area contributed by atoms with Crippen LogP contribution >= 0.6 is 0 Å². The van der Waals surface area contributed by atoms with Gasteiger partial charge in [0.15, 0.2) is 0 Å². The van der Waals surface area contributed by atoms with Gasteiger partial charge in [0.05, 0.1) is 16.8 Å². The summed E-state index contributed by atoms with van der Waals surface area (Å²) in [6.45, 7) is 2.75. The zero-order chi connectivity index (χ0) is 19.0. The minimum Gasteiger partial charge on any atom is -0.481 e. The van der Waals surface area contributed by atoms with Crippen LogP contribution in [0.2, 0.25) is 0 Å². The Morgan fingerprint density at radius 1 is 1.19 bits per heavy atom. The summed E-state index contributed by atoms with van der Waals surface area (Å²) < 4.78 is 0. The van der Waals surface area contributed by atoms with E-state index in [-0.39, 0.29) is 6.04 Å². The molecule has 0 spiro atoms. The Morgan fingerprint density at radius 2 is 1.96 bits per heavy atom. The van der Waals surface area contributed by atoms with E-state index in [1.54, 1.807) is 6.33 Å². The topological polar surface area (TPSA) is 92.3 Å². The van der Waals surface area contributed by atoms with E-state index in [9.17, 15) is 9.90 Å². The van der Waals surface area contributed by atoms with E-state index < -0.39 is 11.9 Å². The molecule has 1 aliphatic heterocycles. The number of nitrogens with two attached hydrogens (primary N) is 1. The van der Waals surface area contributed by atoms with E-state index in [0.29, 0.717) is 12.1 Å². The van der Waals surface area contributed by atoms with Gasteiger partial charge in [0.2, 0.25) is 0 Å². The first-order valence-electron chi connectivity index (χ1n) is 9.15. The fourth-order valence-corrected chi connectivity index (χ4v) is 3.99. The fraction of sp³-hybridized carbons (Fsp3) is 0.286. The normalized spacial score (nSPS) is 20.0. The maximum absolute atomic E-state index is 11.7. The quantitative estimate of drug-likeness (QED) is 0.692. The van der Waals surface area contributed by atoms with Crippen LogP contribution in [0.1, 0.15) is 19.8 Å². The SMILES string of the molecule is CC1C(C(=O)O)CCCN1c1ncnc2cccc(-c3ccc(N)cc3)c12. The summed E-state index contributed by atoms with van der Waals surface area (Å²) in [6.07, 6.45) is 3.08. The standard InChI is InChI=1S/C21H22N4O2/c1-13-16(21(26)27)5-3-11-25(13)20-19-17(14-7-9-15(22)10-8-14)4-2-6-18(19)23-12-24-20/h2,4,6-10,12-13,16H,3,5,11,22H2,1H3,(H,26,27). The number of piperidine rings is 1. The number of rotatable bonds is 3. The van der Waals surface area contributed by atoms with Crippen LogP contribution in [0.15, 0.2) is 48.8 Å². The number of benzene rings is 2. The number of nitrogen functional groups attached to an aromatic ring is 1. The first-order chi connectivity index (χ1) is 13.1. The average Bonchev–Trinajstić information content (AvgIpc) is 2.68. The first kappa shape index (κ1) is 17.3. The van der Waals surface area contributed by atoms with Gasteiger partial charge in [-0.15, -0.1) is 0 Å². The number of anilines is 2. The third-order valence-corrected chi connectivity index (χ3v) is 5.44. The first-order valence-corrected chi connectivity index (χ1v) is 9.15. The summed E-state index contributed by atoms with van der Waals surface area (Å²) in [5.74, 6) is -0.345. The number of aliphatic carboxylic acids is 1. The van der Waals surface area contributed by atoms with Gasteiger partial charge in [0.25, 0.3) is 0 Å². The van der Waals surface area contributed by atoms with Crippen LogP contribution in [-0.4, -0.2) is 33.6 Å². The van der Waals surface area contributed by atoms with Crippen molar-refractivity contribution in [3.8, 4) is 11.1 Å². The average molecular weight is 362 g/mol. The molecule has 4 rings (SSSR count). The Labute approximate surface area is 157 Å². The lowest BCUT2D eigenvalue weighted by molar-refractivity contribution is -0.143. The van der Waals surface area contributed by atoms with Crippen molar-refractivity contribution in [3.05, 3.63) is 48.8 Å². The summed E-state index contributed by atoms with van der Waals surface area (Å²) in [5, 5.41) is 10.5. The van der Waals surface area contributed by atoms with Crippen LogP contribution in [0.3, 0.4) is 0 Å². The van der Waals surface area contributed by atoms with Crippen molar-refractivity contribution in [3.63, 3.8) is 0 Å². The molecule has 138 valence electrons. The molecule has 6 heteroatoms. The second-order valence-corrected chi connectivity index (χ2v) is 7.04. The van der Waals surface area contributed by atoms with E-state index in [1.165, 1.54) is 0 Å². The van der Waals surface area contributed by atoms with E-state index in [4.69, 9.17) is 5.73 Å². The molecular formula is C21H22N4O2. The predicted molar refractivity (Wildman–Crippen MR) is 107 cm³/mol. The third-order valence-electron chi connectivity index (χ3n) is 5.44. The van der Waals surface area contributed by atoms with Gasteiger partial charge in [-0.2, -0.15) is 0 Å². The van der Waals surface area contributed by atoms with Crippen molar-refractivity contribution in [1.29, 1.82) is 0 Å². The van der Waals surface area contributed by atoms with E-state index >= 15 is 0 Å². The molecule has 2 aromatic carbocycles. The third kappa shape index (κ3) is 3.07. The van der Waals surface area contributed by atoms with Crippen LogP contribution in [0, 0.1) is 5.92 Å². The molecule has 0 saturated carbocycles. The molecule has 3 aromatic rings. The number of carboxylic acids is 1. The summed E-state index contributed by atoms with van der Waals surface area (Å²) in [6, 6.07) is 13.6. The van der Waals surface area contributed by atoms with Gasteiger partial charge >= 0.3 is 5.97 Å². The highest BCUT2D eigenvalue weighted by Crippen LogP contribution is 2.37. The van der Waals surface area contributed by atoms with Gasteiger partial charge in [-0.25, -0.2) is 9.97 Å². The second kappa shape index (κ2) is 6.87. The lowest BCUT2D eigenvalue weighted by atomic mass is 9.89. The van der Waals surface area contributed by atoms with Crippen LogP contribution in [0.25, 0.3) is 22.0 Å². The Bertz CT molecular complexity index is 982. The second-order valence-electron chi connectivity index (χ2n) is 7.04. The largest absolute Gasteiger partial charge is 0.481 e. The molecule has 2 atom stereocenters. The minimum atomic E-state index is -0.746. The highest BCUT2D eigenvalue weighted by Gasteiger charge is 2.34. The molecule has 0 amide bonds. The van der Waals surface area contributed by atoms with E-state index in [0.717, 1.165) is 40.8 Å². The maximum Gasteiger partial charge on any atom is 0.308 e. The zero-order valence-electron chi connectivity index (χ0n) is 15.2. The van der Waals surface area contributed by atoms with Crippen LogP contribution in [0.4, 0.5) is 11.5 Å². The molecule has 2 heterocycles. The van der Waals surface area contributed by atoms with E-state index in [2.05, 4.69) is 14.9 Å². The Morgan fingerprint density at radius 3 is 2.70 bits per heavy atom. The summed E-state index contributed by atoms with van der Waals surface area (Å²) in [7, 11) is 0. The highest BCUT2D eigenvalue weighted by atomic mass is 16.4. The van der Waals surface area contributed by atoms with Gasteiger partial charge < -0.3 is 15.7 Å². The fourth-order valence-electron chi connectivity index (χ4n) is 3.99. The van der Waals surface area contributed by atoms with E-state index in [1.807, 2.05) is 49.4 Å². The van der Waals surface area contributed by atoms with Crippen molar-refractivity contribution in [1.82, 2.24) is 9.97 Å². The molecule has 6 nitrogen and oxygen atoms in total. The monoisotopic (exact) mass is 362 g/mol.